The fourth-order valence-corrected chi connectivity index (χ4v) is 3.03. The van der Waals surface area contributed by atoms with E-state index in [1.54, 1.807) is 0 Å². The molecule has 3 nitrogen and oxygen atoms in total. The number of rotatable bonds is 5. The van der Waals surface area contributed by atoms with Crippen LogP contribution < -0.4 is 10.1 Å². The summed E-state index contributed by atoms with van der Waals surface area (Å²) in [7, 11) is 1.98. The van der Waals surface area contributed by atoms with Crippen molar-refractivity contribution >= 4 is 15.9 Å². The van der Waals surface area contributed by atoms with Crippen molar-refractivity contribution in [2.24, 2.45) is 0 Å². The van der Waals surface area contributed by atoms with Gasteiger partial charge in [-0.15, -0.1) is 0 Å². The van der Waals surface area contributed by atoms with E-state index in [0.29, 0.717) is 6.61 Å². The van der Waals surface area contributed by atoms with Gasteiger partial charge in [-0.3, -0.25) is 0 Å². The van der Waals surface area contributed by atoms with Crippen molar-refractivity contribution < 1.29 is 9.47 Å². The smallest absolute Gasteiger partial charge is 0.120 e. The van der Waals surface area contributed by atoms with E-state index in [4.69, 9.17) is 9.47 Å². The fourth-order valence-electron chi connectivity index (χ4n) is 2.42. The molecule has 1 aliphatic rings. The van der Waals surface area contributed by atoms with Crippen LogP contribution in [0, 0.1) is 0 Å². The van der Waals surface area contributed by atoms with Crippen molar-refractivity contribution in [1.82, 2.24) is 5.32 Å². The van der Waals surface area contributed by atoms with Gasteiger partial charge >= 0.3 is 0 Å². The third-order valence-electron chi connectivity index (χ3n) is 3.27. The number of hydrogen-bond acceptors (Lipinski definition) is 3. The van der Waals surface area contributed by atoms with E-state index in [1.807, 2.05) is 26.1 Å². The molecule has 1 aromatic carbocycles. The number of nitrogens with one attached hydrogen (secondary N) is 1. The molecule has 100 valence electrons. The van der Waals surface area contributed by atoms with Crippen molar-refractivity contribution in [3.8, 4) is 5.75 Å². The molecule has 0 saturated carbocycles. The van der Waals surface area contributed by atoms with Gasteiger partial charge in [0.25, 0.3) is 0 Å². The number of hydrogen-bond donors (Lipinski definition) is 1. The lowest BCUT2D eigenvalue weighted by molar-refractivity contribution is 0.0805. The third kappa shape index (κ3) is 3.05. The predicted molar refractivity (Wildman–Crippen MR) is 76.1 cm³/mol. The average molecular weight is 314 g/mol. The van der Waals surface area contributed by atoms with E-state index in [0.717, 1.165) is 29.7 Å². The van der Waals surface area contributed by atoms with Gasteiger partial charge in [-0.1, -0.05) is 22.0 Å². The van der Waals surface area contributed by atoms with Gasteiger partial charge in [-0.05, 0) is 44.5 Å². The van der Waals surface area contributed by atoms with Crippen LogP contribution in [-0.2, 0) is 4.74 Å². The monoisotopic (exact) mass is 313 g/mol. The van der Waals surface area contributed by atoms with Crippen LogP contribution in [0.3, 0.4) is 0 Å². The van der Waals surface area contributed by atoms with Crippen LogP contribution in [0.15, 0.2) is 22.7 Å². The van der Waals surface area contributed by atoms with Gasteiger partial charge in [0.05, 0.1) is 18.8 Å². The molecule has 1 heterocycles. The summed E-state index contributed by atoms with van der Waals surface area (Å²) in [6.07, 6.45) is 2.53. The minimum atomic E-state index is 0.234. The minimum Gasteiger partial charge on any atom is -0.494 e. The Kier molecular flexibility index (Phi) is 5.03. The largest absolute Gasteiger partial charge is 0.494 e. The second-order valence-electron chi connectivity index (χ2n) is 4.43. The first-order valence-corrected chi connectivity index (χ1v) is 7.26. The lowest BCUT2D eigenvalue weighted by atomic mass is 9.99. The highest BCUT2D eigenvalue weighted by Crippen LogP contribution is 2.33. The summed E-state index contributed by atoms with van der Waals surface area (Å²) in [6.45, 7) is 3.55. The molecular weight excluding hydrogens is 294 g/mol. The van der Waals surface area contributed by atoms with E-state index in [-0.39, 0.29) is 12.1 Å². The zero-order chi connectivity index (χ0) is 13.0. The van der Waals surface area contributed by atoms with E-state index in [9.17, 15) is 0 Å². The molecule has 18 heavy (non-hydrogen) atoms. The molecule has 2 unspecified atom stereocenters. The summed E-state index contributed by atoms with van der Waals surface area (Å²) in [5, 5.41) is 3.36. The number of ether oxygens (including phenoxy) is 2. The molecule has 1 aromatic rings. The standard InChI is InChI=1S/C14H20BrNO2/c1-3-17-10-6-7-11(12(15)9-10)14(16-2)13-5-4-8-18-13/h6-7,9,13-14,16H,3-5,8H2,1-2H3. The normalized spacial score (nSPS) is 20.9. The summed E-state index contributed by atoms with van der Waals surface area (Å²) >= 11 is 3.63. The Labute approximate surface area is 117 Å². The molecule has 1 aliphatic heterocycles. The van der Waals surface area contributed by atoms with E-state index < -0.39 is 0 Å². The van der Waals surface area contributed by atoms with Crippen molar-refractivity contribution in [2.45, 2.75) is 31.9 Å². The maximum atomic E-state index is 5.78. The van der Waals surface area contributed by atoms with Gasteiger partial charge in [0.2, 0.25) is 0 Å². The Morgan fingerprint density at radius 2 is 2.39 bits per heavy atom. The first kappa shape index (κ1) is 13.8. The average Bonchev–Trinajstić information content (AvgIpc) is 2.87. The van der Waals surface area contributed by atoms with Crippen molar-refractivity contribution in [3.63, 3.8) is 0 Å². The van der Waals surface area contributed by atoms with Crippen molar-refractivity contribution in [3.05, 3.63) is 28.2 Å². The summed E-state index contributed by atoms with van der Waals surface area (Å²) in [5.74, 6) is 0.898. The van der Waals surface area contributed by atoms with Gasteiger partial charge in [0.15, 0.2) is 0 Å². The fraction of sp³-hybridized carbons (Fsp3) is 0.571. The Morgan fingerprint density at radius 3 is 2.94 bits per heavy atom. The molecule has 0 aliphatic carbocycles. The van der Waals surface area contributed by atoms with Crippen molar-refractivity contribution in [1.29, 1.82) is 0 Å². The highest BCUT2D eigenvalue weighted by Gasteiger charge is 2.27. The number of likely N-dealkylation sites (N-methyl/N-ethyl adjacent to an activating group) is 1. The third-order valence-corrected chi connectivity index (χ3v) is 3.95. The summed E-state index contributed by atoms with van der Waals surface area (Å²) < 4.78 is 12.3. The molecule has 0 aromatic heterocycles. The quantitative estimate of drug-likeness (QED) is 0.905. The van der Waals surface area contributed by atoms with E-state index in [2.05, 4.69) is 27.3 Å². The Bertz CT molecular complexity index is 391. The van der Waals surface area contributed by atoms with Crippen LogP contribution in [0.4, 0.5) is 0 Å². The highest BCUT2D eigenvalue weighted by molar-refractivity contribution is 9.10. The van der Waals surface area contributed by atoms with Crippen LogP contribution in [0.2, 0.25) is 0 Å². The molecule has 1 saturated heterocycles. The number of benzene rings is 1. The summed E-state index contributed by atoms with van der Waals surface area (Å²) in [5.41, 5.74) is 1.23. The van der Waals surface area contributed by atoms with Crippen LogP contribution in [0.25, 0.3) is 0 Å². The first-order valence-electron chi connectivity index (χ1n) is 6.47. The van der Waals surface area contributed by atoms with Gasteiger partial charge in [0, 0.05) is 11.1 Å². The molecule has 1 N–H and O–H groups in total. The number of halogens is 1. The Morgan fingerprint density at radius 1 is 1.56 bits per heavy atom. The second-order valence-corrected chi connectivity index (χ2v) is 5.29. The maximum Gasteiger partial charge on any atom is 0.120 e. The predicted octanol–water partition coefficient (Wildman–Crippen LogP) is 3.29. The molecule has 1 fully saturated rings. The van der Waals surface area contributed by atoms with Gasteiger partial charge < -0.3 is 14.8 Å². The lowest BCUT2D eigenvalue weighted by Gasteiger charge is -2.24. The van der Waals surface area contributed by atoms with E-state index in [1.165, 1.54) is 5.56 Å². The zero-order valence-corrected chi connectivity index (χ0v) is 12.5. The topological polar surface area (TPSA) is 30.5 Å². The van der Waals surface area contributed by atoms with Crippen molar-refractivity contribution in [2.75, 3.05) is 20.3 Å². The van der Waals surface area contributed by atoms with Gasteiger partial charge in [0.1, 0.15) is 5.75 Å². The Balaban J connectivity index is 2.19. The summed E-state index contributed by atoms with van der Waals surface area (Å²) in [4.78, 5) is 0. The first-order chi connectivity index (χ1) is 8.76. The second kappa shape index (κ2) is 6.55. The van der Waals surface area contributed by atoms with Crippen LogP contribution in [-0.4, -0.2) is 26.4 Å². The highest BCUT2D eigenvalue weighted by atomic mass is 79.9. The van der Waals surface area contributed by atoms with Crippen LogP contribution in [0.1, 0.15) is 31.4 Å². The minimum absolute atomic E-state index is 0.234. The van der Waals surface area contributed by atoms with Crippen LogP contribution in [0.5, 0.6) is 5.75 Å². The molecule has 2 atom stereocenters. The molecule has 0 bridgehead atoms. The summed E-state index contributed by atoms with van der Waals surface area (Å²) in [6, 6.07) is 6.39. The lowest BCUT2D eigenvalue weighted by Crippen LogP contribution is -2.29. The molecule has 0 spiro atoms. The molecule has 0 radical (unpaired) electrons. The maximum absolute atomic E-state index is 5.78. The van der Waals surface area contributed by atoms with E-state index >= 15 is 0 Å². The Hall–Kier alpha value is -0.580. The molecule has 0 amide bonds. The molecular formula is C14H20BrNO2. The van der Waals surface area contributed by atoms with Crippen LogP contribution >= 0.6 is 15.9 Å². The molecule has 2 rings (SSSR count). The molecule has 4 heteroatoms. The van der Waals surface area contributed by atoms with Gasteiger partial charge in [-0.25, -0.2) is 0 Å². The van der Waals surface area contributed by atoms with Gasteiger partial charge in [-0.2, -0.15) is 0 Å². The SMILES string of the molecule is CCOc1ccc(C(NC)C2CCCO2)c(Br)c1. The zero-order valence-electron chi connectivity index (χ0n) is 10.9.